The quantitative estimate of drug-likeness (QED) is 0.918. The van der Waals surface area contributed by atoms with Crippen molar-refractivity contribution < 1.29 is 14.1 Å². The van der Waals surface area contributed by atoms with Crippen molar-refractivity contribution in [2.24, 2.45) is 0 Å². The number of likely N-dealkylation sites (tertiary alicyclic amines) is 1. The fraction of sp³-hybridized carbons (Fsp3) is 0.444. The zero-order valence-corrected chi connectivity index (χ0v) is 14.5. The average molecular weight is 342 g/mol. The average Bonchev–Trinajstić information content (AvgIpc) is 3.06. The highest BCUT2D eigenvalue weighted by Crippen LogP contribution is 2.27. The summed E-state index contributed by atoms with van der Waals surface area (Å²) >= 11 is 0. The van der Waals surface area contributed by atoms with E-state index < -0.39 is 0 Å². The maximum Gasteiger partial charge on any atom is 0.253 e. The predicted octanol–water partition coefficient (Wildman–Crippen LogP) is 2.03. The van der Waals surface area contributed by atoms with Gasteiger partial charge in [-0.3, -0.25) is 9.59 Å². The summed E-state index contributed by atoms with van der Waals surface area (Å²) in [5.41, 5.74) is 1.64. The number of carbonyl (C=O) groups is 2. The standard InChI is InChI=1S/C18H22N4O3/c1-12-20-17(25-21-12)15-7-9-22(10-8-15)18(24)16-5-3-14(4-6-16)11-19-13(2)23/h3-6,15H,7-11H2,1-2H3,(H,19,23). The van der Waals surface area contributed by atoms with E-state index in [9.17, 15) is 9.59 Å². The molecule has 0 spiro atoms. The fourth-order valence-electron chi connectivity index (χ4n) is 2.98. The lowest BCUT2D eigenvalue weighted by atomic mass is 9.96. The second-order valence-corrected chi connectivity index (χ2v) is 6.35. The van der Waals surface area contributed by atoms with Gasteiger partial charge in [-0.1, -0.05) is 17.3 Å². The number of benzene rings is 1. The topological polar surface area (TPSA) is 88.3 Å². The van der Waals surface area contributed by atoms with E-state index in [4.69, 9.17) is 4.52 Å². The van der Waals surface area contributed by atoms with Gasteiger partial charge in [0.15, 0.2) is 5.82 Å². The summed E-state index contributed by atoms with van der Waals surface area (Å²) in [5, 5.41) is 6.58. The van der Waals surface area contributed by atoms with E-state index >= 15 is 0 Å². The Bertz CT molecular complexity index is 746. The van der Waals surface area contributed by atoms with Gasteiger partial charge in [0.2, 0.25) is 11.8 Å². The van der Waals surface area contributed by atoms with Gasteiger partial charge in [0, 0.05) is 38.0 Å². The van der Waals surface area contributed by atoms with E-state index in [1.54, 1.807) is 6.92 Å². The lowest BCUT2D eigenvalue weighted by Gasteiger charge is -2.30. The van der Waals surface area contributed by atoms with Crippen LogP contribution in [0.15, 0.2) is 28.8 Å². The number of amides is 2. The molecule has 0 aliphatic carbocycles. The Balaban J connectivity index is 1.56. The molecule has 0 bridgehead atoms. The van der Waals surface area contributed by atoms with Gasteiger partial charge in [0.1, 0.15) is 0 Å². The molecule has 7 nitrogen and oxygen atoms in total. The number of aromatic nitrogens is 2. The highest BCUT2D eigenvalue weighted by molar-refractivity contribution is 5.94. The molecule has 1 aliphatic rings. The van der Waals surface area contributed by atoms with Crippen LogP contribution in [0, 0.1) is 6.92 Å². The molecule has 1 N–H and O–H groups in total. The van der Waals surface area contributed by atoms with Crippen molar-refractivity contribution in [3.63, 3.8) is 0 Å². The summed E-state index contributed by atoms with van der Waals surface area (Å²) in [5.74, 6) is 1.51. The Morgan fingerprint density at radius 1 is 1.24 bits per heavy atom. The zero-order valence-electron chi connectivity index (χ0n) is 14.5. The molecule has 0 atom stereocenters. The molecule has 0 unspecified atom stereocenters. The van der Waals surface area contributed by atoms with Crippen LogP contribution in [0.3, 0.4) is 0 Å². The first-order chi connectivity index (χ1) is 12.0. The van der Waals surface area contributed by atoms with Crippen molar-refractivity contribution in [2.75, 3.05) is 13.1 Å². The Hall–Kier alpha value is -2.70. The normalized spacial score (nSPS) is 15.2. The number of nitrogens with zero attached hydrogens (tertiary/aromatic N) is 3. The molecule has 0 saturated carbocycles. The molecule has 0 radical (unpaired) electrons. The predicted molar refractivity (Wildman–Crippen MR) is 90.9 cm³/mol. The smallest absolute Gasteiger partial charge is 0.253 e. The molecule has 25 heavy (non-hydrogen) atoms. The van der Waals surface area contributed by atoms with Gasteiger partial charge >= 0.3 is 0 Å². The van der Waals surface area contributed by atoms with Crippen LogP contribution in [0.1, 0.15) is 53.3 Å². The number of carbonyl (C=O) groups excluding carboxylic acids is 2. The van der Waals surface area contributed by atoms with E-state index in [0.717, 1.165) is 18.4 Å². The zero-order chi connectivity index (χ0) is 17.8. The van der Waals surface area contributed by atoms with E-state index in [2.05, 4.69) is 15.5 Å². The van der Waals surface area contributed by atoms with Gasteiger partial charge in [0.25, 0.3) is 5.91 Å². The molecule has 1 aromatic heterocycles. The first kappa shape index (κ1) is 17.1. The summed E-state index contributed by atoms with van der Waals surface area (Å²) in [6.07, 6.45) is 1.65. The van der Waals surface area contributed by atoms with Crippen LogP contribution >= 0.6 is 0 Å². The van der Waals surface area contributed by atoms with Gasteiger partial charge in [-0.2, -0.15) is 4.98 Å². The van der Waals surface area contributed by atoms with Gasteiger partial charge < -0.3 is 14.7 Å². The van der Waals surface area contributed by atoms with Crippen LogP contribution in [0.2, 0.25) is 0 Å². The minimum atomic E-state index is -0.0699. The van der Waals surface area contributed by atoms with Crippen molar-refractivity contribution in [1.29, 1.82) is 0 Å². The lowest BCUT2D eigenvalue weighted by Crippen LogP contribution is -2.38. The molecule has 3 rings (SSSR count). The van der Waals surface area contributed by atoms with Gasteiger partial charge in [-0.15, -0.1) is 0 Å². The SMILES string of the molecule is CC(=O)NCc1ccc(C(=O)N2CCC(c3nc(C)no3)CC2)cc1. The molecular weight excluding hydrogens is 320 g/mol. The summed E-state index contributed by atoms with van der Waals surface area (Å²) in [4.78, 5) is 29.7. The van der Waals surface area contributed by atoms with Crippen LogP contribution < -0.4 is 5.32 Å². The molecule has 2 aromatic rings. The number of piperidine rings is 1. The second-order valence-electron chi connectivity index (χ2n) is 6.35. The van der Waals surface area contributed by atoms with E-state index in [1.165, 1.54) is 6.92 Å². The molecule has 1 aromatic carbocycles. The highest BCUT2D eigenvalue weighted by Gasteiger charge is 2.27. The summed E-state index contributed by atoms with van der Waals surface area (Å²) < 4.78 is 5.24. The van der Waals surface area contributed by atoms with Crippen molar-refractivity contribution in [1.82, 2.24) is 20.4 Å². The Morgan fingerprint density at radius 3 is 2.48 bits per heavy atom. The lowest BCUT2D eigenvalue weighted by molar-refractivity contribution is -0.119. The van der Waals surface area contributed by atoms with E-state index in [0.29, 0.717) is 36.9 Å². The monoisotopic (exact) mass is 342 g/mol. The number of hydrogen-bond acceptors (Lipinski definition) is 5. The van der Waals surface area contributed by atoms with Gasteiger partial charge in [-0.25, -0.2) is 0 Å². The third-order valence-corrected chi connectivity index (χ3v) is 4.42. The van der Waals surface area contributed by atoms with Gasteiger partial charge in [-0.05, 0) is 37.5 Å². The maximum atomic E-state index is 12.6. The van der Waals surface area contributed by atoms with E-state index in [-0.39, 0.29) is 17.7 Å². The van der Waals surface area contributed by atoms with Crippen molar-refractivity contribution in [3.8, 4) is 0 Å². The van der Waals surface area contributed by atoms with E-state index in [1.807, 2.05) is 29.2 Å². The van der Waals surface area contributed by atoms with Crippen molar-refractivity contribution >= 4 is 11.8 Å². The van der Waals surface area contributed by atoms with Crippen LogP contribution in [0.4, 0.5) is 0 Å². The first-order valence-corrected chi connectivity index (χ1v) is 8.46. The molecule has 1 fully saturated rings. The molecule has 7 heteroatoms. The Morgan fingerprint density at radius 2 is 1.92 bits per heavy atom. The van der Waals surface area contributed by atoms with Crippen molar-refractivity contribution in [2.45, 2.75) is 39.2 Å². The fourth-order valence-corrected chi connectivity index (χ4v) is 2.98. The van der Waals surface area contributed by atoms with Crippen LogP contribution in [0.25, 0.3) is 0 Å². The highest BCUT2D eigenvalue weighted by atomic mass is 16.5. The second kappa shape index (κ2) is 7.46. The molecule has 1 aliphatic heterocycles. The third-order valence-electron chi connectivity index (χ3n) is 4.42. The minimum Gasteiger partial charge on any atom is -0.352 e. The number of rotatable bonds is 4. The Kier molecular flexibility index (Phi) is 5.11. The molecule has 1 saturated heterocycles. The number of hydrogen-bond donors (Lipinski definition) is 1. The maximum absolute atomic E-state index is 12.6. The molecule has 2 amide bonds. The van der Waals surface area contributed by atoms with Crippen LogP contribution in [-0.4, -0.2) is 39.9 Å². The largest absolute Gasteiger partial charge is 0.352 e. The minimum absolute atomic E-state index is 0.0336. The summed E-state index contributed by atoms with van der Waals surface area (Å²) in [7, 11) is 0. The molecule has 132 valence electrons. The van der Waals surface area contributed by atoms with Crippen LogP contribution in [-0.2, 0) is 11.3 Å². The van der Waals surface area contributed by atoms with Crippen LogP contribution in [0.5, 0.6) is 0 Å². The van der Waals surface area contributed by atoms with Gasteiger partial charge in [0.05, 0.1) is 0 Å². The number of aryl methyl sites for hydroxylation is 1. The first-order valence-electron chi connectivity index (χ1n) is 8.46. The molecular formula is C18H22N4O3. The number of nitrogens with one attached hydrogen (secondary N) is 1. The third kappa shape index (κ3) is 4.23. The van der Waals surface area contributed by atoms with Crippen molar-refractivity contribution in [3.05, 3.63) is 47.1 Å². The molecule has 2 heterocycles. The Labute approximate surface area is 146 Å². The summed E-state index contributed by atoms with van der Waals surface area (Å²) in [6, 6.07) is 7.37. The summed E-state index contributed by atoms with van der Waals surface area (Å²) in [6.45, 7) is 5.12.